The van der Waals surface area contributed by atoms with Crippen molar-refractivity contribution in [1.29, 1.82) is 0 Å². The Labute approximate surface area is 115 Å². The standard InChI is InChI=1S/C16H24N2O/c1-12-5-6-14(9-13(12)2)10-18(3)15(19)16(11-17)7-4-8-16/h5-6,9H,4,7-8,10-11,17H2,1-3H3. The molecule has 1 aliphatic carbocycles. The summed E-state index contributed by atoms with van der Waals surface area (Å²) in [5.74, 6) is 0.208. The van der Waals surface area contributed by atoms with Gasteiger partial charge in [-0.25, -0.2) is 0 Å². The van der Waals surface area contributed by atoms with Crippen LogP contribution in [0, 0.1) is 19.3 Å². The van der Waals surface area contributed by atoms with Gasteiger partial charge in [-0.3, -0.25) is 4.79 Å². The van der Waals surface area contributed by atoms with Crippen molar-refractivity contribution in [3.63, 3.8) is 0 Å². The molecule has 1 fully saturated rings. The molecule has 2 N–H and O–H groups in total. The van der Waals surface area contributed by atoms with E-state index in [2.05, 4.69) is 32.0 Å². The molecule has 3 nitrogen and oxygen atoms in total. The predicted octanol–water partition coefficient (Wildman–Crippen LogP) is 2.39. The van der Waals surface area contributed by atoms with Crippen LogP contribution in [-0.4, -0.2) is 24.4 Å². The zero-order valence-electron chi connectivity index (χ0n) is 12.2. The van der Waals surface area contributed by atoms with E-state index in [9.17, 15) is 4.79 Å². The van der Waals surface area contributed by atoms with E-state index in [1.54, 1.807) is 0 Å². The topological polar surface area (TPSA) is 46.3 Å². The van der Waals surface area contributed by atoms with Gasteiger partial charge in [0.05, 0.1) is 5.41 Å². The molecule has 0 aliphatic heterocycles. The van der Waals surface area contributed by atoms with Crippen LogP contribution in [0.15, 0.2) is 18.2 Å². The Morgan fingerprint density at radius 2 is 2.00 bits per heavy atom. The van der Waals surface area contributed by atoms with Crippen molar-refractivity contribution in [3.05, 3.63) is 34.9 Å². The molecule has 3 heteroatoms. The molecule has 0 bridgehead atoms. The van der Waals surface area contributed by atoms with Gasteiger partial charge in [0, 0.05) is 20.1 Å². The number of amides is 1. The highest BCUT2D eigenvalue weighted by atomic mass is 16.2. The van der Waals surface area contributed by atoms with Gasteiger partial charge in [0.25, 0.3) is 0 Å². The van der Waals surface area contributed by atoms with Crippen LogP contribution in [0.2, 0.25) is 0 Å². The van der Waals surface area contributed by atoms with E-state index in [-0.39, 0.29) is 11.3 Å². The Morgan fingerprint density at radius 3 is 2.47 bits per heavy atom. The van der Waals surface area contributed by atoms with E-state index in [4.69, 9.17) is 5.73 Å². The number of carbonyl (C=O) groups is 1. The minimum Gasteiger partial charge on any atom is -0.341 e. The second-order valence-corrected chi connectivity index (χ2v) is 5.92. The van der Waals surface area contributed by atoms with Crippen LogP contribution in [0.1, 0.15) is 36.0 Å². The van der Waals surface area contributed by atoms with Crippen molar-refractivity contribution >= 4 is 5.91 Å². The average Bonchev–Trinajstić information content (AvgIpc) is 2.33. The molecular weight excluding hydrogens is 236 g/mol. The lowest BCUT2D eigenvalue weighted by Gasteiger charge is -2.41. The first-order valence-electron chi connectivity index (χ1n) is 7.00. The first-order valence-corrected chi connectivity index (χ1v) is 7.00. The quantitative estimate of drug-likeness (QED) is 0.903. The highest BCUT2D eigenvalue weighted by molar-refractivity contribution is 5.83. The average molecular weight is 260 g/mol. The van der Waals surface area contributed by atoms with Gasteiger partial charge in [-0.05, 0) is 43.4 Å². The molecule has 0 spiro atoms. The molecule has 1 amide bonds. The smallest absolute Gasteiger partial charge is 0.230 e. The molecule has 0 atom stereocenters. The molecular formula is C16H24N2O. The summed E-state index contributed by atoms with van der Waals surface area (Å²) < 4.78 is 0. The summed E-state index contributed by atoms with van der Waals surface area (Å²) in [6, 6.07) is 6.38. The maximum absolute atomic E-state index is 12.5. The van der Waals surface area contributed by atoms with Crippen LogP contribution in [0.3, 0.4) is 0 Å². The van der Waals surface area contributed by atoms with Crippen molar-refractivity contribution in [2.45, 2.75) is 39.7 Å². The van der Waals surface area contributed by atoms with Crippen molar-refractivity contribution in [2.24, 2.45) is 11.1 Å². The van der Waals surface area contributed by atoms with Crippen LogP contribution in [0.25, 0.3) is 0 Å². The van der Waals surface area contributed by atoms with Crippen molar-refractivity contribution < 1.29 is 4.79 Å². The zero-order valence-corrected chi connectivity index (χ0v) is 12.2. The molecule has 0 aromatic heterocycles. The lowest BCUT2D eigenvalue weighted by molar-refractivity contribution is -0.145. The lowest BCUT2D eigenvalue weighted by Crippen LogP contribution is -2.50. The number of hydrogen-bond acceptors (Lipinski definition) is 2. The molecule has 1 aromatic rings. The number of benzene rings is 1. The minimum atomic E-state index is -0.269. The van der Waals surface area contributed by atoms with Gasteiger partial charge < -0.3 is 10.6 Å². The number of carbonyl (C=O) groups excluding carboxylic acids is 1. The molecule has 1 aliphatic rings. The van der Waals surface area contributed by atoms with Crippen LogP contribution >= 0.6 is 0 Å². The fourth-order valence-electron chi connectivity index (χ4n) is 2.76. The second-order valence-electron chi connectivity index (χ2n) is 5.92. The summed E-state index contributed by atoms with van der Waals surface area (Å²) in [6.07, 6.45) is 3.01. The maximum atomic E-state index is 12.5. The summed E-state index contributed by atoms with van der Waals surface area (Å²) in [6.45, 7) is 5.35. The largest absolute Gasteiger partial charge is 0.341 e. The monoisotopic (exact) mass is 260 g/mol. The Bertz CT molecular complexity index is 472. The van der Waals surface area contributed by atoms with Gasteiger partial charge in [-0.1, -0.05) is 24.6 Å². The summed E-state index contributed by atoms with van der Waals surface area (Å²) >= 11 is 0. The fraction of sp³-hybridized carbons (Fsp3) is 0.562. The minimum absolute atomic E-state index is 0.208. The number of nitrogens with two attached hydrogens (primary N) is 1. The summed E-state index contributed by atoms with van der Waals surface area (Å²) in [5.41, 5.74) is 9.27. The molecule has 0 radical (unpaired) electrons. The first kappa shape index (κ1) is 14.1. The number of rotatable bonds is 4. The highest BCUT2D eigenvalue weighted by Crippen LogP contribution is 2.41. The molecule has 1 saturated carbocycles. The van der Waals surface area contributed by atoms with Gasteiger partial charge in [0.2, 0.25) is 5.91 Å². The second kappa shape index (κ2) is 5.33. The van der Waals surface area contributed by atoms with Crippen LogP contribution in [-0.2, 0) is 11.3 Å². The van der Waals surface area contributed by atoms with Gasteiger partial charge in [-0.2, -0.15) is 0 Å². The Balaban J connectivity index is 2.06. The van der Waals surface area contributed by atoms with Crippen LogP contribution in [0.4, 0.5) is 0 Å². The molecule has 0 heterocycles. The van der Waals surface area contributed by atoms with Crippen molar-refractivity contribution in [2.75, 3.05) is 13.6 Å². The normalized spacial score (nSPS) is 16.8. The predicted molar refractivity (Wildman–Crippen MR) is 77.7 cm³/mol. The molecule has 104 valence electrons. The summed E-state index contributed by atoms with van der Waals surface area (Å²) in [7, 11) is 1.88. The number of hydrogen-bond donors (Lipinski definition) is 1. The van der Waals surface area contributed by atoms with Gasteiger partial charge >= 0.3 is 0 Å². The van der Waals surface area contributed by atoms with E-state index in [0.29, 0.717) is 13.1 Å². The van der Waals surface area contributed by atoms with Gasteiger partial charge in [0.1, 0.15) is 0 Å². The Morgan fingerprint density at radius 1 is 1.32 bits per heavy atom. The van der Waals surface area contributed by atoms with Crippen molar-refractivity contribution in [3.8, 4) is 0 Å². The summed E-state index contributed by atoms with van der Waals surface area (Å²) in [5, 5.41) is 0. The number of nitrogens with zero attached hydrogens (tertiary/aromatic N) is 1. The first-order chi connectivity index (χ1) is 8.98. The van der Waals surface area contributed by atoms with Crippen molar-refractivity contribution in [1.82, 2.24) is 4.90 Å². The van der Waals surface area contributed by atoms with E-state index in [1.165, 1.54) is 16.7 Å². The lowest BCUT2D eigenvalue weighted by atomic mass is 9.68. The summed E-state index contributed by atoms with van der Waals surface area (Å²) in [4.78, 5) is 14.3. The highest BCUT2D eigenvalue weighted by Gasteiger charge is 2.44. The molecule has 1 aromatic carbocycles. The fourth-order valence-corrected chi connectivity index (χ4v) is 2.76. The van der Waals surface area contributed by atoms with E-state index >= 15 is 0 Å². The van der Waals surface area contributed by atoms with E-state index in [1.807, 2.05) is 11.9 Å². The zero-order chi connectivity index (χ0) is 14.0. The Hall–Kier alpha value is -1.35. The molecule has 0 unspecified atom stereocenters. The Kier molecular flexibility index (Phi) is 3.95. The number of aryl methyl sites for hydroxylation is 2. The van der Waals surface area contributed by atoms with Gasteiger partial charge in [0.15, 0.2) is 0 Å². The third-order valence-electron chi connectivity index (χ3n) is 4.49. The van der Waals surface area contributed by atoms with Crippen LogP contribution in [0.5, 0.6) is 0 Å². The van der Waals surface area contributed by atoms with E-state index in [0.717, 1.165) is 19.3 Å². The third-order valence-corrected chi connectivity index (χ3v) is 4.49. The third kappa shape index (κ3) is 2.66. The molecule has 19 heavy (non-hydrogen) atoms. The molecule has 0 saturated heterocycles. The van der Waals surface area contributed by atoms with E-state index < -0.39 is 0 Å². The van der Waals surface area contributed by atoms with Crippen LogP contribution < -0.4 is 5.73 Å². The van der Waals surface area contributed by atoms with Gasteiger partial charge in [-0.15, -0.1) is 0 Å². The SMILES string of the molecule is Cc1ccc(CN(C)C(=O)C2(CN)CCC2)cc1C. The molecule has 2 rings (SSSR count). The maximum Gasteiger partial charge on any atom is 0.230 e.